The van der Waals surface area contributed by atoms with E-state index < -0.39 is 5.91 Å². The number of hydrogen-bond donors (Lipinski definition) is 0. The minimum Gasteiger partial charge on any atom is -0.361 e. The largest absolute Gasteiger partial charge is 0.361 e. The summed E-state index contributed by atoms with van der Waals surface area (Å²) < 4.78 is 5.07. The van der Waals surface area contributed by atoms with Gasteiger partial charge in [-0.15, -0.1) is 0 Å². The van der Waals surface area contributed by atoms with Crippen LogP contribution in [0.3, 0.4) is 0 Å². The number of rotatable bonds is 2. The van der Waals surface area contributed by atoms with Crippen LogP contribution in [-0.4, -0.2) is 28.3 Å². The molecule has 5 nitrogen and oxygen atoms in total. The number of aromatic nitrogens is 1. The van der Waals surface area contributed by atoms with Crippen LogP contribution in [0.4, 0.5) is 0 Å². The van der Waals surface area contributed by atoms with Crippen molar-refractivity contribution >= 4 is 11.7 Å². The molecular weight excluding hydrogens is 208 g/mol. The molecule has 1 aliphatic heterocycles. The quantitative estimate of drug-likeness (QED) is 0.704. The van der Waals surface area contributed by atoms with Gasteiger partial charge in [-0.2, -0.15) is 0 Å². The Bertz CT molecular complexity index is 431. The molecule has 0 saturated carbocycles. The summed E-state index contributed by atoms with van der Waals surface area (Å²) in [6, 6.07) is -0.148. The van der Waals surface area contributed by atoms with E-state index in [1.807, 2.05) is 20.8 Å². The Balaban J connectivity index is 2.29. The molecule has 1 aromatic heterocycles. The molecule has 1 fully saturated rings. The summed E-state index contributed by atoms with van der Waals surface area (Å²) in [6.07, 6.45) is 0.312. The van der Waals surface area contributed by atoms with Gasteiger partial charge >= 0.3 is 0 Å². The summed E-state index contributed by atoms with van der Waals surface area (Å²) in [5, 5.41) is 3.85. The molecule has 1 saturated heterocycles. The third-order valence-corrected chi connectivity index (χ3v) is 3.05. The smallest absolute Gasteiger partial charge is 0.290 e. The van der Waals surface area contributed by atoms with Crippen molar-refractivity contribution in [2.24, 2.45) is 0 Å². The Labute approximate surface area is 93.4 Å². The van der Waals surface area contributed by atoms with Crippen LogP contribution >= 0.6 is 0 Å². The van der Waals surface area contributed by atoms with Crippen LogP contribution in [0.25, 0.3) is 0 Å². The predicted octanol–water partition coefficient (Wildman–Crippen LogP) is 1.15. The number of carbonyl (C=O) groups is 2. The van der Waals surface area contributed by atoms with Gasteiger partial charge < -0.3 is 9.42 Å². The van der Waals surface area contributed by atoms with E-state index in [9.17, 15) is 9.59 Å². The Morgan fingerprint density at radius 1 is 1.38 bits per heavy atom. The molecule has 2 heterocycles. The zero-order chi connectivity index (χ0) is 11.9. The first-order valence-corrected chi connectivity index (χ1v) is 5.29. The molecule has 86 valence electrons. The minimum atomic E-state index is -0.396. The van der Waals surface area contributed by atoms with Crippen LogP contribution in [0, 0.1) is 13.8 Å². The summed E-state index contributed by atoms with van der Waals surface area (Å²) >= 11 is 0. The third kappa shape index (κ3) is 1.52. The van der Waals surface area contributed by atoms with Crippen molar-refractivity contribution in [1.82, 2.24) is 10.1 Å². The number of ketones is 1. The molecule has 2 rings (SSSR count). The summed E-state index contributed by atoms with van der Waals surface area (Å²) in [5.74, 6) is 0.00302. The van der Waals surface area contributed by atoms with Crippen molar-refractivity contribution in [2.45, 2.75) is 33.2 Å². The van der Waals surface area contributed by atoms with E-state index in [-0.39, 0.29) is 11.8 Å². The summed E-state index contributed by atoms with van der Waals surface area (Å²) in [5.41, 5.74) is 1.68. The van der Waals surface area contributed by atoms with Gasteiger partial charge in [0, 0.05) is 18.5 Å². The van der Waals surface area contributed by atoms with Crippen LogP contribution < -0.4 is 0 Å². The highest BCUT2D eigenvalue weighted by Gasteiger charge is 2.35. The second-order valence-corrected chi connectivity index (χ2v) is 4.09. The first-order chi connectivity index (χ1) is 7.52. The van der Waals surface area contributed by atoms with Crippen LogP contribution in [0.15, 0.2) is 4.52 Å². The van der Waals surface area contributed by atoms with E-state index >= 15 is 0 Å². The molecule has 0 aliphatic carbocycles. The molecule has 0 radical (unpaired) electrons. The Kier molecular flexibility index (Phi) is 2.53. The number of carbonyl (C=O) groups excluding carboxylic acids is 2. The summed E-state index contributed by atoms with van der Waals surface area (Å²) in [7, 11) is 0. The maximum Gasteiger partial charge on any atom is 0.290 e. The molecule has 1 aromatic rings. The molecule has 1 unspecified atom stereocenters. The van der Waals surface area contributed by atoms with Crippen molar-refractivity contribution < 1.29 is 14.1 Å². The van der Waals surface area contributed by atoms with Crippen LogP contribution in [0.5, 0.6) is 0 Å². The highest BCUT2D eigenvalue weighted by Crippen LogP contribution is 2.28. The van der Waals surface area contributed by atoms with Crippen molar-refractivity contribution in [2.75, 3.05) is 6.54 Å². The zero-order valence-electron chi connectivity index (χ0n) is 9.61. The molecule has 16 heavy (non-hydrogen) atoms. The Hall–Kier alpha value is -1.65. The first kappa shape index (κ1) is 10.9. The molecule has 1 atom stereocenters. The molecule has 0 bridgehead atoms. The molecule has 5 heteroatoms. The Morgan fingerprint density at radius 2 is 2.06 bits per heavy atom. The van der Waals surface area contributed by atoms with Gasteiger partial charge in [0.15, 0.2) is 0 Å². The van der Waals surface area contributed by atoms with Gasteiger partial charge in [-0.1, -0.05) is 5.16 Å². The van der Waals surface area contributed by atoms with E-state index in [2.05, 4.69) is 5.16 Å². The minimum absolute atomic E-state index is 0.148. The van der Waals surface area contributed by atoms with Gasteiger partial charge in [-0.05, 0) is 20.8 Å². The predicted molar refractivity (Wildman–Crippen MR) is 55.7 cm³/mol. The fourth-order valence-corrected chi connectivity index (χ4v) is 2.20. The molecule has 1 aliphatic rings. The average Bonchev–Trinajstić information content (AvgIpc) is 2.73. The number of likely N-dealkylation sites (tertiary alicyclic amines) is 1. The van der Waals surface area contributed by atoms with Crippen LogP contribution in [0.1, 0.15) is 36.4 Å². The lowest BCUT2D eigenvalue weighted by Crippen LogP contribution is -2.30. The molecular formula is C11H14N2O3. The van der Waals surface area contributed by atoms with E-state index in [4.69, 9.17) is 4.52 Å². The van der Waals surface area contributed by atoms with Gasteiger partial charge in [0.2, 0.25) is 5.78 Å². The zero-order valence-corrected chi connectivity index (χ0v) is 9.61. The highest BCUT2D eigenvalue weighted by molar-refractivity contribution is 6.37. The molecule has 1 amide bonds. The van der Waals surface area contributed by atoms with Crippen molar-refractivity contribution in [1.29, 1.82) is 0 Å². The summed E-state index contributed by atoms with van der Waals surface area (Å²) in [4.78, 5) is 24.4. The van der Waals surface area contributed by atoms with E-state index in [0.29, 0.717) is 18.7 Å². The topological polar surface area (TPSA) is 63.4 Å². The van der Waals surface area contributed by atoms with Crippen molar-refractivity contribution in [3.05, 3.63) is 17.0 Å². The standard InChI is InChI=1S/C11H14N2O3/c1-6-10(8(3)16-12-6)7(2)13-5-4-9(14)11(13)15/h7H,4-5H2,1-3H3. The number of nitrogens with zero attached hydrogens (tertiary/aromatic N) is 2. The van der Waals surface area contributed by atoms with Gasteiger partial charge in [-0.3, -0.25) is 9.59 Å². The lowest BCUT2D eigenvalue weighted by atomic mass is 10.1. The highest BCUT2D eigenvalue weighted by atomic mass is 16.5. The van der Waals surface area contributed by atoms with Crippen molar-refractivity contribution in [3.63, 3.8) is 0 Å². The SMILES string of the molecule is Cc1noc(C)c1C(C)N1CCC(=O)C1=O. The Morgan fingerprint density at radius 3 is 2.50 bits per heavy atom. The monoisotopic (exact) mass is 222 g/mol. The maximum absolute atomic E-state index is 11.6. The number of Topliss-reactive ketones (excluding diaryl/α,β-unsaturated/α-hetero) is 1. The third-order valence-electron chi connectivity index (χ3n) is 3.05. The average molecular weight is 222 g/mol. The molecule has 0 aromatic carbocycles. The first-order valence-electron chi connectivity index (χ1n) is 5.29. The fraction of sp³-hybridized carbons (Fsp3) is 0.545. The number of aryl methyl sites for hydroxylation is 2. The van der Waals surface area contributed by atoms with Gasteiger partial charge in [0.25, 0.3) is 5.91 Å². The number of hydrogen-bond acceptors (Lipinski definition) is 4. The van der Waals surface area contributed by atoms with E-state index in [0.717, 1.165) is 11.3 Å². The lowest BCUT2D eigenvalue weighted by Gasteiger charge is -2.23. The van der Waals surface area contributed by atoms with Gasteiger partial charge in [0.05, 0.1) is 11.7 Å². The van der Waals surface area contributed by atoms with Crippen molar-refractivity contribution in [3.8, 4) is 0 Å². The second kappa shape index (κ2) is 3.73. The van der Waals surface area contributed by atoms with Gasteiger partial charge in [-0.25, -0.2) is 0 Å². The van der Waals surface area contributed by atoms with Crippen LogP contribution in [-0.2, 0) is 9.59 Å². The van der Waals surface area contributed by atoms with E-state index in [1.165, 1.54) is 0 Å². The lowest BCUT2D eigenvalue weighted by molar-refractivity contribution is -0.141. The molecule has 0 spiro atoms. The van der Waals surface area contributed by atoms with Gasteiger partial charge in [0.1, 0.15) is 5.76 Å². The normalized spacial score (nSPS) is 18.3. The summed E-state index contributed by atoms with van der Waals surface area (Å²) in [6.45, 7) is 6.03. The van der Waals surface area contributed by atoms with E-state index in [1.54, 1.807) is 4.90 Å². The fourth-order valence-electron chi connectivity index (χ4n) is 2.20. The number of amides is 1. The van der Waals surface area contributed by atoms with Crippen LogP contribution in [0.2, 0.25) is 0 Å². The second-order valence-electron chi connectivity index (χ2n) is 4.09. The molecule has 0 N–H and O–H groups in total. The maximum atomic E-state index is 11.6.